The van der Waals surface area contributed by atoms with Crippen LogP contribution in [-0.2, 0) is 11.3 Å². The van der Waals surface area contributed by atoms with E-state index in [0.717, 1.165) is 36.6 Å². The minimum absolute atomic E-state index is 0.268. The van der Waals surface area contributed by atoms with Crippen molar-refractivity contribution in [3.8, 4) is 0 Å². The highest BCUT2D eigenvalue weighted by molar-refractivity contribution is 6.28. The number of aromatic nitrogens is 4. The van der Waals surface area contributed by atoms with E-state index in [1.54, 1.807) is 0 Å². The molecule has 1 aliphatic heterocycles. The summed E-state index contributed by atoms with van der Waals surface area (Å²) in [7, 11) is 0. The highest BCUT2D eigenvalue weighted by Crippen LogP contribution is 2.25. The van der Waals surface area contributed by atoms with E-state index in [2.05, 4.69) is 33.7 Å². The van der Waals surface area contributed by atoms with Crippen LogP contribution in [0.5, 0.6) is 0 Å². The summed E-state index contributed by atoms with van der Waals surface area (Å²) in [4.78, 5) is 15.4. The van der Waals surface area contributed by atoms with Crippen LogP contribution in [0.2, 0.25) is 5.28 Å². The van der Waals surface area contributed by atoms with E-state index in [0.29, 0.717) is 19.1 Å². The Balaban J connectivity index is 2.05. The number of nitrogens with zero attached hydrogens (tertiary/aromatic N) is 5. The lowest BCUT2D eigenvalue weighted by Gasteiger charge is -2.27. The lowest BCUT2D eigenvalue weighted by atomic mass is 10.2. The first-order valence-electron chi connectivity index (χ1n) is 6.86. The van der Waals surface area contributed by atoms with Gasteiger partial charge >= 0.3 is 0 Å². The van der Waals surface area contributed by atoms with Gasteiger partial charge in [0, 0.05) is 19.6 Å². The number of imidazole rings is 1. The zero-order valence-corrected chi connectivity index (χ0v) is 12.5. The smallest absolute Gasteiger partial charge is 0.226 e. The second-order valence-electron chi connectivity index (χ2n) is 5.38. The Morgan fingerprint density at radius 2 is 2.05 bits per heavy atom. The van der Waals surface area contributed by atoms with Crippen molar-refractivity contribution < 1.29 is 4.74 Å². The van der Waals surface area contributed by atoms with Gasteiger partial charge in [0.15, 0.2) is 17.0 Å². The van der Waals surface area contributed by atoms with Crippen molar-refractivity contribution >= 4 is 28.6 Å². The Morgan fingerprint density at radius 3 is 2.75 bits per heavy atom. The van der Waals surface area contributed by atoms with Crippen LogP contribution in [0.1, 0.15) is 13.8 Å². The van der Waals surface area contributed by atoms with Gasteiger partial charge in [0.25, 0.3) is 0 Å². The van der Waals surface area contributed by atoms with Crippen molar-refractivity contribution in [3.63, 3.8) is 0 Å². The van der Waals surface area contributed by atoms with E-state index in [1.807, 2.05) is 10.9 Å². The van der Waals surface area contributed by atoms with Gasteiger partial charge in [0.1, 0.15) is 0 Å². The number of anilines is 1. The van der Waals surface area contributed by atoms with Crippen LogP contribution in [0.3, 0.4) is 0 Å². The zero-order chi connectivity index (χ0) is 14.1. The van der Waals surface area contributed by atoms with Gasteiger partial charge < -0.3 is 14.2 Å². The highest BCUT2D eigenvalue weighted by Gasteiger charge is 2.20. The zero-order valence-electron chi connectivity index (χ0n) is 11.7. The Labute approximate surface area is 122 Å². The van der Waals surface area contributed by atoms with Crippen molar-refractivity contribution in [2.75, 3.05) is 31.2 Å². The van der Waals surface area contributed by atoms with Crippen LogP contribution in [0.25, 0.3) is 11.2 Å². The summed E-state index contributed by atoms with van der Waals surface area (Å²) in [5.41, 5.74) is 1.62. The van der Waals surface area contributed by atoms with Gasteiger partial charge in [-0.1, -0.05) is 13.8 Å². The van der Waals surface area contributed by atoms with E-state index < -0.39 is 0 Å². The second kappa shape index (κ2) is 5.54. The lowest BCUT2D eigenvalue weighted by molar-refractivity contribution is 0.122. The summed E-state index contributed by atoms with van der Waals surface area (Å²) in [6.45, 7) is 8.21. The summed E-state index contributed by atoms with van der Waals surface area (Å²) < 4.78 is 7.42. The van der Waals surface area contributed by atoms with Crippen molar-refractivity contribution in [2.24, 2.45) is 5.92 Å². The third-order valence-electron chi connectivity index (χ3n) is 3.29. The Bertz CT molecular complexity index is 606. The van der Waals surface area contributed by atoms with Crippen LogP contribution in [0.15, 0.2) is 6.33 Å². The third-order valence-corrected chi connectivity index (χ3v) is 3.46. The molecule has 0 aromatic carbocycles. The van der Waals surface area contributed by atoms with Crippen molar-refractivity contribution in [2.45, 2.75) is 20.4 Å². The first-order chi connectivity index (χ1) is 9.65. The quantitative estimate of drug-likeness (QED) is 0.810. The molecular formula is C13H18ClN5O. The molecule has 0 radical (unpaired) electrons. The maximum absolute atomic E-state index is 6.09. The summed E-state index contributed by atoms with van der Waals surface area (Å²) in [5.74, 6) is 1.33. The number of fused-ring (bicyclic) bond motifs is 1. The average molecular weight is 296 g/mol. The van der Waals surface area contributed by atoms with Crippen LogP contribution >= 0.6 is 11.6 Å². The lowest BCUT2D eigenvalue weighted by Crippen LogP contribution is -2.37. The minimum atomic E-state index is 0.268. The fourth-order valence-corrected chi connectivity index (χ4v) is 2.59. The van der Waals surface area contributed by atoms with Crippen LogP contribution in [0.4, 0.5) is 5.82 Å². The predicted octanol–water partition coefficient (Wildman–Crippen LogP) is 1.97. The molecule has 108 valence electrons. The molecule has 0 aliphatic carbocycles. The minimum Gasteiger partial charge on any atom is -0.378 e. The molecule has 0 N–H and O–H groups in total. The Morgan fingerprint density at radius 1 is 1.30 bits per heavy atom. The number of ether oxygens (including phenoxy) is 1. The molecule has 3 rings (SSSR count). The molecule has 20 heavy (non-hydrogen) atoms. The Kier molecular flexibility index (Phi) is 3.76. The van der Waals surface area contributed by atoms with Gasteiger partial charge in [0.05, 0.1) is 19.5 Å². The van der Waals surface area contributed by atoms with Crippen LogP contribution in [-0.4, -0.2) is 45.8 Å². The molecule has 1 saturated heterocycles. The molecule has 0 atom stereocenters. The van der Waals surface area contributed by atoms with Gasteiger partial charge in [-0.25, -0.2) is 4.98 Å². The maximum atomic E-state index is 6.09. The topological polar surface area (TPSA) is 56.1 Å². The first kappa shape index (κ1) is 13.6. The predicted molar refractivity (Wildman–Crippen MR) is 78.2 cm³/mol. The molecule has 1 fully saturated rings. The van der Waals surface area contributed by atoms with Crippen LogP contribution in [0, 0.1) is 5.92 Å². The molecular weight excluding hydrogens is 278 g/mol. The molecule has 0 spiro atoms. The number of morpholine rings is 1. The average Bonchev–Trinajstić information content (AvgIpc) is 2.81. The van der Waals surface area contributed by atoms with E-state index in [9.17, 15) is 0 Å². The summed E-state index contributed by atoms with van der Waals surface area (Å²) in [6.07, 6.45) is 1.82. The highest BCUT2D eigenvalue weighted by atomic mass is 35.5. The summed E-state index contributed by atoms with van der Waals surface area (Å²) in [5, 5.41) is 0.268. The first-order valence-corrected chi connectivity index (χ1v) is 7.24. The van der Waals surface area contributed by atoms with E-state index in [1.165, 1.54) is 0 Å². The largest absolute Gasteiger partial charge is 0.378 e. The maximum Gasteiger partial charge on any atom is 0.226 e. The van der Waals surface area contributed by atoms with Crippen molar-refractivity contribution in [1.82, 2.24) is 19.5 Å². The van der Waals surface area contributed by atoms with Gasteiger partial charge in [-0.2, -0.15) is 9.97 Å². The molecule has 6 nitrogen and oxygen atoms in total. The molecule has 2 aromatic rings. The molecule has 7 heteroatoms. The van der Waals surface area contributed by atoms with E-state index >= 15 is 0 Å². The molecule has 0 bridgehead atoms. The molecule has 3 heterocycles. The van der Waals surface area contributed by atoms with Crippen LogP contribution < -0.4 is 4.90 Å². The number of rotatable bonds is 3. The summed E-state index contributed by atoms with van der Waals surface area (Å²) in [6, 6.07) is 0. The molecule has 0 amide bonds. The number of hydrogen-bond donors (Lipinski definition) is 0. The van der Waals surface area contributed by atoms with E-state index in [-0.39, 0.29) is 5.28 Å². The van der Waals surface area contributed by atoms with Crippen molar-refractivity contribution in [3.05, 3.63) is 11.6 Å². The van der Waals surface area contributed by atoms with Gasteiger partial charge in [-0.05, 0) is 17.5 Å². The van der Waals surface area contributed by atoms with Gasteiger partial charge in [0.2, 0.25) is 5.28 Å². The number of halogens is 1. The van der Waals surface area contributed by atoms with Gasteiger partial charge in [-0.3, -0.25) is 0 Å². The standard InChI is InChI=1S/C13H18ClN5O/c1-9(2)7-19-8-15-10-11(16-13(14)17-12(10)19)18-3-5-20-6-4-18/h8-9H,3-7H2,1-2H3. The number of hydrogen-bond acceptors (Lipinski definition) is 5. The summed E-state index contributed by atoms with van der Waals surface area (Å²) >= 11 is 6.09. The molecule has 1 aliphatic rings. The second-order valence-corrected chi connectivity index (χ2v) is 5.72. The fraction of sp³-hybridized carbons (Fsp3) is 0.615. The van der Waals surface area contributed by atoms with Gasteiger partial charge in [-0.15, -0.1) is 0 Å². The molecule has 2 aromatic heterocycles. The molecule has 0 unspecified atom stereocenters. The fourth-order valence-electron chi connectivity index (χ4n) is 2.43. The normalized spacial score (nSPS) is 16.3. The SMILES string of the molecule is CC(C)Cn1cnc2c(N3CCOCC3)nc(Cl)nc21. The van der Waals surface area contributed by atoms with E-state index in [4.69, 9.17) is 16.3 Å². The Hall–Kier alpha value is -1.40. The van der Waals surface area contributed by atoms with Crippen molar-refractivity contribution in [1.29, 1.82) is 0 Å². The third kappa shape index (κ3) is 2.58. The monoisotopic (exact) mass is 295 g/mol. The molecule has 0 saturated carbocycles.